The van der Waals surface area contributed by atoms with Crippen LogP contribution in [0.25, 0.3) is 0 Å². The highest BCUT2D eigenvalue weighted by molar-refractivity contribution is 5.92. The molecule has 5 heteroatoms. The van der Waals surface area contributed by atoms with E-state index in [9.17, 15) is 0 Å². The minimum absolute atomic E-state index is 0.384. The Morgan fingerprint density at radius 3 is 2.71 bits per heavy atom. The summed E-state index contributed by atoms with van der Waals surface area (Å²) >= 11 is 0. The number of hydrogen-bond acceptors (Lipinski definition) is 3. The Morgan fingerprint density at radius 1 is 1.29 bits per heavy atom. The number of pyridine rings is 1. The highest BCUT2D eigenvalue weighted by atomic mass is 16.5. The molecule has 0 radical (unpaired) electrons. The largest absolute Gasteiger partial charge is 0.490 e. The summed E-state index contributed by atoms with van der Waals surface area (Å²) in [5.41, 5.74) is 9.17. The molecule has 0 aliphatic carbocycles. The van der Waals surface area contributed by atoms with Crippen LogP contribution in [0.1, 0.15) is 11.1 Å². The molecule has 0 unspecified atom stereocenters. The third-order valence-corrected chi connectivity index (χ3v) is 2.77. The van der Waals surface area contributed by atoms with E-state index in [0.29, 0.717) is 19.1 Å². The molecule has 1 heterocycles. The average molecular weight is 284 g/mol. The molecule has 3 N–H and O–H groups in total. The van der Waals surface area contributed by atoms with Gasteiger partial charge in [0.25, 0.3) is 0 Å². The van der Waals surface area contributed by atoms with Crippen LogP contribution < -0.4 is 15.8 Å². The first kappa shape index (κ1) is 14.8. The number of guanidine groups is 1. The molecule has 1 aromatic carbocycles. The number of nitrogens with two attached hydrogens (primary N) is 1. The minimum Gasteiger partial charge on any atom is -0.490 e. The summed E-state index contributed by atoms with van der Waals surface area (Å²) in [6, 6.07) is 9.85. The van der Waals surface area contributed by atoms with Crippen molar-refractivity contribution in [3.05, 3.63) is 53.9 Å². The molecule has 0 bridgehead atoms. The van der Waals surface area contributed by atoms with Gasteiger partial charge in [-0.05, 0) is 49.2 Å². The van der Waals surface area contributed by atoms with E-state index >= 15 is 0 Å². The Bertz CT molecular complexity index is 591. The molecule has 0 spiro atoms. The molecule has 0 aliphatic rings. The van der Waals surface area contributed by atoms with E-state index in [1.165, 1.54) is 11.1 Å². The summed E-state index contributed by atoms with van der Waals surface area (Å²) in [6.07, 6.45) is 3.37. The van der Waals surface area contributed by atoms with Gasteiger partial charge in [0.1, 0.15) is 12.4 Å². The Labute approximate surface area is 124 Å². The van der Waals surface area contributed by atoms with Crippen molar-refractivity contribution in [2.24, 2.45) is 10.7 Å². The first-order valence-corrected chi connectivity index (χ1v) is 6.81. The number of nitrogens with zero attached hydrogens (tertiary/aromatic N) is 2. The summed E-state index contributed by atoms with van der Waals surface area (Å²) in [5.74, 6) is 1.11. The average Bonchev–Trinajstić information content (AvgIpc) is 2.43. The molecular weight excluding hydrogens is 264 g/mol. The van der Waals surface area contributed by atoms with Crippen molar-refractivity contribution in [3.8, 4) is 5.75 Å². The zero-order chi connectivity index (χ0) is 15.1. The van der Waals surface area contributed by atoms with Crippen LogP contribution >= 0.6 is 0 Å². The molecule has 2 rings (SSSR count). The van der Waals surface area contributed by atoms with Gasteiger partial charge in [-0.25, -0.2) is 4.99 Å². The lowest BCUT2D eigenvalue weighted by molar-refractivity contribution is 0.327. The van der Waals surface area contributed by atoms with E-state index in [1.54, 1.807) is 12.4 Å². The Morgan fingerprint density at radius 2 is 2.05 bits per heavy atom. The van der Waals surface area contributed by atoms with Crippen molar-refractivity contribution >= 4 is 11.6 Å². The summed E-state index contributed by atoms with van der Waals surface area (Å²) < 4.78 is 5.49. The first-order valence-electron chi connectivity index (χ1n) is 6.81. The van der Waals surface area contributed by atoms with Crippen molar-refractivity contribution in [2.45, 2.75) is 13.8 Å². The van der Waals surface area contributed by atoms with Gasteiger partial charge in [-0.2, -0.15) is 0 Å². The second-order valence-electron chi connectivity index (χ2n) is 4.81. The number of rotatable bonds is 5. The van der Waals surface area contributed by atoms with Crippen LogP contribution in [0.4, 0.5) is 5.69 Å². The fraction of sp³-hybridized carbons (Fsp3) is 0.250. The molecule has 0 atom stereocenters. The van der Waals surface area contributed by atoms with Crippen LogP contribution in [-0.2, 0) is 0 Å². The SMILES string of the molecule is Cc1cc(C)cc(NC(N)=NCCOc2cccnc2)c1. The molecule has 0 fully saturated rings. The van der Waals surface area contributed by atoms with Crippen molar-refractivity contribution in [2.75, 3.05) is 18.5 Å². The van der Waals surface area contributed by atoms with Gasteiger partial charge in [-0.1, -0.05) is 6.07 Å². The van der Waals surface area contributed by atoms with Gasteiger partial charge < -0.3 is 15.8 Å². The predicted octanol–water partition coefficient (Wildman–Crippen LogP) is 2.50. The third kappa shape index (κ3) is 5.14. The van der Waals surface area contributed by atoms with Crippen LogP contribution in [0, 0.1) is 13.8 Å². The lowest BCUT2D eigenvalue weighted by Gasteiger charge is -2.08. The van der Waals surface area contributed by atoms with E-state index in [1.807, 2.05) is 38.1 Å². The van der Waals surface area contributed by atoms with Crippen LogP contribution in [0.2, 0.25) is 0 Å². The zero-order valence-corrected chi connectivity index (χ0v) is 12.3. The predicted molar refractivity (Wildman–Crippen MR) is 85.8 cm³/mol. The minimum atomic E-state index is 0.384. The van der Waals surface area contributed by atoms with Gasteiger partial charge >= 0.3 is 0 Å². The Hall–Kier alpha value is -2.56. The molecule has 2 aromatic rings. The third-order valence-electron chi connectivity index (χ3n) is 2.77. The number of aromatic nitrogens is 1. The number of hydrogen-bond donors (Lipinski definition) is 2. The van der Waals surface area contributed by atoms with Crippen LogP contribution in [0.5, 0.6) is 5.75 Å². The van der Waals surface area contributed by atoms with E-state index in [-0.39, 0.29) is 0 Å². The molecule has 0 saturated carbocycles. The molecule has 0 aliphatic heterocycles. The van der Waals surface area contributed by atoms with Gasteiger partial charge in [-0.3, -0.25) is 4.98 Å². The molecular formula is C16H20N4O. The summed E-state index contributed by atoms with van der Waals surface area (Å²) in [5, 5.41) is 3.08. The molecule has 0 saturated heterocycles. The summed E-state index contributed by atoms with van der Waals surface area (Å²) in [7, 11) is 0. The Kier molecular flexibility index (Phi) is 5.15. The second kappa shape index (κ2) is 7.28. The van der Waals surface area contributed by atoms with Gasteiger partial charge in [0.05, 0.1) is 12.7 Å². The number of aryl methyl sites for hydroxylation is 2. The molecule has 5 nitrogen and oxygen atoms in total. The standard InChI is InChI=1S/C16H20N4O/c1-12-8-13(2)10-14(9-12)20-16(17)19-6-7-21-15-4-3-5-18-11-15/h3-5,8-11H,6-7H2,1-2H3,(H3,17,19,20). The summed E-state index contributed by atoms with van der Waals surface area (Å²) in [4.78, 5) is 8.20. The number of benzene rings is 1. The Balaban J connectivity index is 1.81. The van der Waals surface area contributed by atoms with Gasteiger partial charge in [0, 0.05) is 11.9 Å². The molecule has 0 amide bonds. The number of ether oxygens (including phenoxy) is 1. The van der Waals surface area contributed by atoms with E-state index in [0.717, 1.165) is 11.4 Å². The van der Waals surface area contributed by atoms with Gasteiger partial charge in [0.2, 0.25) is 0 Å². The van der Waals surface area contributed by atoms with E-state index in [4.69, 9.17) is 10.5 Å². The van der Waals surface area contributed by atoms with Crippen molar-refractivity contribution in [3.63, 3.8) is 0 Å². The highest BCUT2D eigenvalue weighted by Crippen LogP contribution is 2.13. The molecule has 21 heavy (non-hydrogen) atoms. The topological polar surface area (TPSA) is 72.5 Å². The van der Waals surface area contributed by atoms with E-state index in [2.05, 4.69) is 21.4 Å². The molecule has 110 valence electrons. The van der Waals surface area contributed by atoms with Crippen molar-refractivity contribution < 1.29 is 4.74 Å². The zero-order valence-electron chi connectivity index (χ0n) is 12.3. The fourth-order valence-corrected chi connectivity index (χ4v) is 2.00. The van der Waals surface area contributed by atoms with Gasteiger partial charge in [-0.15, -0.1) is 0 Å². The maximum absolute atomic E-state index is 5.86. The normalized spacial score (nSPS) is 11.2. The molecule has 1 aromatic heterocycles. The summed E-state index contributed by atoms with van der Waals surface area (Å²) in [6.45, 7) is 5.04. The second-order valence-corrected chi connectivity index (χ2v) is 4.81. The van der Waals surface area contributed by atoms with E-state index < -0.39 is 0 Å². The van der Waals surface area contributed by atoms with Crippen molar-refractivity contribution in [1.29, 1.82) is 0 Å². The smallest absolute Gasteiger partial charge is 0.193 e. The fourth-order valence-electron chi connectivity index (χ4n) is 2.00. The number of aliphatic imine (C=N–C) groups is 1. The van der Waals surface area contributed by atoms with Crippen LogP contribution in [0.3, 0.4) is 0 Å². The monoisotopic (exact) mass is 284 g/mol. The lowest BCUT2D eigenvalue weighted by Crippen LogP contribution is -2.23. The first-order chi connectivity index (χ1) is 10.1. The quantitative estimate of drug-likeness (QED) is 0.502. The lowest BCUT2D eigenvalue weighted by atomic mass is 10.1. The van der Waals surface area contributed by atoms with Gasteiger partial charge in [0.15, 0.2) is 5.96 Å². The van der Waals surface area contributed by atoms with Crippen molar-refractivity contribution in [1.82, 2.24) is 4.98 Å². The van der Waals surface area contributed by atoms with Crippen LogP contribution in [-0.4, -0.2) is 24.1 Å². The number of nitrogens with one attached hydrogen (secondary N) is 1. The maximum Gasteiger partial charge on any atom is 0.193 e. The highest BCUT2D eigenvalue weighted by Gasteiger charge is 1.98. The number of anilines is 1. The maximum atomic E-state index is 5.86. The van der Waals surface area contributed by atoms with Crippen LogP contribution in [0.15, 0.2) is 47.7 Å².